The van der Waals surface area contributed by atoms with E-state index in [1.165, 1.54) is 22.3 Å². The molecule has 0 N–H and O–H groups in total. The second kappa shape index (κ2) is 6.07. The Kier molecular flexibility index (Phi) is 3.69. The number of nitrogens with zero attached hydrogens (tertiary/aromatic N) is 3. The molecule has 132 valence electrons. The lowest BCUT2D eigenvalue weighted by atomic mass is 10.0. The molecule has 26 heavy (non-hydrogen) atoms. The highest BCUT2D eigenvalue weighted by Crippen LogP contribution is 2.30. The summed E-state index contributed by atoms with van der Waals surface area (Å²) in [5, 5.41) is 3.12. The topological polar surface area (TPSA) is 50.8 Å². The van der Waals surface area contributed by atoms with Crippen molar-refractivity contribution < 1.29 is 4.42 Å². The monoisotopic (exact) mass is 365 g/mol. The van der Waals surface area contributed by atoms with E-state index < -0.39 is 0 Å². The first kappa shape index (κ1) is 15.8. The van der Waals surface area contributed by atoms with E-state index in [0.717, 1.165) is 60.0 Å². The van der Waals surface area contributed by atoms with Crippen molar-refractivity contribution in [2.45, 2.75) is 26.3 Å². The van der Waals surface area contributed by atoms with Gasteiger partial charge in [0.15, 0.2) is 4.96 Å². The predicted molar refractivity (Wildman–Crippen MR) is 103 cm³/mol. The number of fused-ring (bicyclic) bond motifs is 4. The summed E-state index contributed by atoms with van der Waals surface area (Å²) in [6.45, 7) is 4.63. The molecular weight excluding hydrogens is 346 g/mol. The minimum atomic E-state index is 0.0696. The van der Waals surface area contributed by atoms with Crippen molar-refractivity contribution in [1.82, 2.24) is 14.3 Å². The lowest BCUT2D eigenvalue weighted by molar-refractivity contribution is 0.246. The van der Waals surface area contributed by atoms with Gasteiger partial charge in [0.05, 0.1) is 0 Å². The van der Waals surface area contributed by atoms with E-state index in [0.29, 0.717) is 0 Å². The second-order valence-corrected chi connectivity index (χ2v) is 7.69. The fraction of sp³-hybridized carbons (Fsp3) is 0.300. The van der Waals surface area contributed by atoms with E-state index >= 15 is 0 Å². The van der Waals surface area contributed by atoms with Crippen LogP contribution in [0.4, 0.5) is 0 Å². The zero-order valence-corrected chi connectivity index (χ0v) is 15.4. The van der Waals surface area contributed by atoms with E-state index in [1.807, 2.05) is 30.6 Å². The van der Waals surface area contributed by atoms with Crippen molar-refractivity contribution in [3.05, 3.63) is 68.8 Å². The molecule has 0 saturated heterocycles. The Labute approximate surface area is 154 Å². The molecule has 6 heteroatoms. The van der Waals surface area contributed by atoms with Crippen LogP contribution in [0.3, 0.4) is 0 Å². The summed E-state index contributed by atoms with van der Waals surface area (Å²) < 4.78 is 7.65. The standard InChI is InChI=1S/C20H19N3O2S/c1-13-14(19(24)23-10-11-26-20(23)21-13)6-8-22-9-7-18-16(12-22)15-4-2-3-5-17(15)25-18/h2-5,10-11H,6-9,12H2,1H3. The zero-order valence-electron chi connectivity index (χ0n) is 14.6. The number of para-hydroxylation sites is 1. The van der Waals surface area contributed by atoms with Gasteiger partial charge in [-0.25, -0.2) is 4.98 Å². The van der Waals surface area contributed by atoms with Crippen LogP contribution >= 0.6 is 11.3 Å². The number of rotatable bonds is 3. The molecule has 4 aromatic rings. The van der Waals surface area contributed by atoms with E-state index in [-0.39, 0.29) is 5.56 Å². The summed E-state index contributed by atoms with van der Waals surface area (Å²) in [4.78, 5) is 20.5. The number of hydrogen-bond donors (Lipinski definition) is 0. The van der Waals surface area contributed by atoms with Gasteiger partial charge in [-0.05, 0) is 19.4 Å². The summed E-state index contributed by atoms with van der Waals surface area (Å²) in [5.41, 5.74) is 4.01. The molecular formula is C20H19N3O2S. The average molecular weight is 365 g/mol. The van der Waals surface area contributed by atoms with Crippen LogP contribution in [-0.4, -0.2) is 27.4 Å². The summed E-state index contributed by atoms with van der Waals surface area (Å²) in [7, 11) is 0. The molecule has 4 heterocycles. The fourth-order valence-electron chi connectivity index (χ4n) is 3.85. The third-order valence-corrected chi connectivity index (χ3v) is 6.02. The Hall–Kier alpha value is -2.44. The predicted octanol–water partition coefficient (Wildman–Crippen LogP) is 3.41. The maximum absolute atomic E-state index is 12.7. The Morgan fingerprint density at radius 1 is 1.31 bits per heavy atom. The highest BCUT2D eigenvalue weighted by Gasteiger charge is 2.22. The van der Waals surface area contributed by atoms with Gasteiger partial charge in [-0.15, -0.1) is 11.3 Å². The number of benzene rings is 1. The Balaban J connectivity index is 1.39. The van der Waals surface area contributed by atoms with Gasteiger partial charge in [-0.1, -0.05) is 18.2 Å². The third-order valence-electron chi connectivity index (χ3n) is 5.26. The van der Waals surface area contributed by atoms with E-state index in [4.69, 9.17) is 4.42 Å². The van der Waals surface area contributed by atoms with Crippen LogP contribution in [0.25, 0.3) is 15.9 Å². The second-order valence-electron chi connectivity index (χ2n) is 6.81. The van der Waals surface area contributed by atoms with Gasteiger partial charge in [-0.2, -0.15) is 0 Å². The van der Waals surface area contributed by atoms with Crippen LogP contribution in [0.15, 0.2) is 45.1 Å². The fourth-order valence-corrected chi connectivity index (χ4v) is 4.61. The van der Waals surface area contributed by atoms with Crippen LogP contribution < -0.4 is 5.56 Å². The van der Waals surface area contributed by atoms with E-state index in [1.54, 1.807) is 4.40 Å². The first-order valence-electron chi connectivity index (χ1n) is 8.87. The molecule has 0 bridgehead atoms. The number of aryl methyl sites for hydroxylation is 1. The molecule has 5 rings (SSSR count). The zero-order chi connectivity index (χ0) is 17.7. The van der Waals surface area contributed by atoms with Crippen molar-refractivity contribution >= 4 is 27.3 Å². The first-order valence-corrected chi connectivity index (χ1v) is 9.75. The number of hydrogen-bond acceptors (Lipinski definition) is 5. The van der Waals surface area contributed by atoms with Crippen LogP contribution in [0.1, 0.15) is 22.6 Å². The van der Waals surface area contributed by atoms with Crippen LogP contribution in [0.5, 0.6) is 0 Å². The minimum Gasteiger partial charge on any atom is -0.461 e. The molecule has 0 spiro atoms. The summed E-state index contributed by atoms with van der Waals surface area (Å²) in [6.07, 6.45) is 3.45. The van der Waals surface area contributed by atoms with Gasteiger partial charge in [0.1, 0.15) is 11.3 Å². The van der Waals surface area contributed by atoms with Crippen molar-refractivity contribution in [1.29, 1.82) is 0 Å². The van der Waals surface area contributed by atoms with Crippen molar-refractivity contribution in [3.8, 4) is 0 Å². The molecule has 1 aliphatic rings. The van der Waals surface area contributed by atoms with Gasteiger partial charge in [-0.3, -0.25) is 14.1 Å². The third kappa shape index (κ3) is 2.48. The smallest absolute Gasteiger partial charge is 0.261 e. The highest BCUT2D eigenvalue weighted by molar-refractivity contribution is 7.15. The SMILES string of the molecule is Cc1nc2sccn2c(=O)c1CCN1CCc2oc3ccccc3c2C1. The summed E-state index contributed by atoms with van der Waals surface area (Å²) in [5.74, 6) is 1.11. The quantitative estimate of drug-likeness (QED) is 0.558. The Morgan fingerprint density at radius 3 is 3.12 bits per heavy atom. The largest absolute Gasteiger partial charge is 0.461 e. The van der Waals surface area contributed by atoms with Crippen molar-refractivity contribution in [2.75, 3.05) is 13.1 Å². The molecule has 0 fully saturated rings. The molecule has 0 aliphatic carbocycles. The molecule has 0 amide bonds. The van der Waals surface area contributed by atoms with Crippen LogP contribution in [0.2, 0.25) is 0 Å². The minimum absolute atomic E-state index is 0.0696. The first-order chi connectivity index (χ1) is 12.7. The van der Waals surface area contributed by atoms with Crippen molar-refractivity contribution in [2.24, 2.45) is 0 Å². The normalized spacial score (nSPS) is 15.0. The highest BCUT2D eigenvalue weighted by atomic mass is 32.1. The maximum atomic E-state index is 12.7. The van der Waals surface area contributed by atoms with Gasteiger partial charge >= 0.3 is 0 Å². The molecule has 5 nitrogen and oxygen atoms in total. The molecule has 1 aliphatic heterocycles. The average Bonchev–Trinajstić information content (AvgIpc) is 3.25. The molecule has 0 atom stereocenters. The van der Waals surface area contributed by atoms with E-state index in [9.17, 15) is 4.79 Å². The lowest BCUT2D eigenvalue weighted by Crippen LogP contribution is -2.33. The lowest BCUT2D eigenvalue weighted by Gasteiger charge is -2.26. The molecule has 0 radical (unpaired) electrons. The summed E-state index contributed by atoms with van der Waals surface area (Å²) in [6, 6.07) is 8.23. The molecule has 1 aromatic carbocycles. The van der Waals surface area contributed by atoms with Crippen LogP contribution in [0, 0.1) is 6.92 Å². The molecule has 0 unspecified atom stereocenters. The number of thiazole rings is 1. The van der Waals surface area contributed by atoms with Gasteiger partial charge in [0.25, 0.3) is 5.56 Å². The van der Waals surface area contributed by atoms with Gasteiger partial charge in [0, 0.05) is 59.8 Å². The summed E-state index contributed by atoms with van der Waals surface area (Å²) >= 11 is 1.50. The van der Waals surface area contributed by atoms with E-state index in [2.05, 4.69) is 22.0 Å². The van der Waals surface area contributed by atoms with Crippen molar-refractivity contribution in [3.63, 3.8) is 0 Å². The number of furan rings is 1. The number of aromatic nitrogens is 2. The molecule has 3 aromatic heterocycles. The maximum Gasteiger partial charge on any atom is 0.261 e. The Bertz CT molecular complexity index is 1170. The Morgan fingerprint density at radius 2 is 2.19 bits per heavy atom. The van der Waals surface area contributed by atoms with Crippen LogP contribution in [-0.2, 0) is 19.4 Å². The van der Waals surface area contributed by atoms with Gasteiger partial charge in [0.2, 0.25) is 0 Å². The van der Waals surface area contributed by atoms with Gasteiger partial charge < -0.3 is 4.42 Å². The molecule has 0 saturated carbocycles.